The third-order valence-corrected chi connectivity index (χ3v) is 5.42. The predicted molar refractivity (Wildman–Crippen MR) is 88.5 cm³/mol. The molecule has 0 bridgehead atoms. The molecular formula is C19H19NO4. The van der Waals surface area contributed by atoms with Crippen molar-refractivity contribution in [3.63, 3.8) is 0 Å². The molecule has 4 rings (SSSR count). The van der Waals surface area contributed by atoms with Gasteiger partial charge in [0, 0.05) is 11.8 Å². The van der Waals surface area contributed by atoms with E-state index in [0.29, 0.717) is 6.61 Å². The minimum atomic E-state index is -0.852. The first-order chi connectivity index (χ1) is 11.5. The van der Waals surface area contributed by atoms with Gasteiger partial charge in [-0.1, -0.05) is 42.5 Å². The Morgan fingerprint density at radius 1 is 1.25 bits per heavy atom. The highest BCUT2D eigenvalue weighted by molar-refractivity contribution is 5.89. The molecule has 0 aliphatic carbocycles. The molecule has 0 aromatic heterocycles. The molecule has 0 radical (unpaired) electrons. The Bertz CT molecular complexity index is 833. The third-order valence-electron chi connectivity index (χ3n) is 5.42. The molecule has 2 heterocycles. The van der Waals surface area contributed by atoms with Gasteiger partial charge in [0.05, 0.1) is 13.7 Å². The molecule has 124 valence electrons. The van der Waals surface area contributed by atoms with Crippen molar-refractivity contribution in [1.29, 1.82) is 0 Å². The fraction of sp³-hybridized carbons (Fsp3) is 0.368. The number of benzene rings is 2. The summed E-state index contributed by atoms with van der Waals surface area (Å²) in [6.07, 6.45) is 0. The van der Waals surface area contributed by atoms with Crippen molar-refractivity contribution in [2.45, 2.75) is 24.4 Å². The zero-order chi connectivity index (χ0) is 16.9. The molecule has 0 unspecified atom stereocenters. The normalized spacial score (nSPS) is 31.8. The summed E-state index contributed by atoms with van der Waals surface area (Å²) < 4.78 is 10.2. The van der Waals surface area contributed by atoms with Crippen LogP contribution >= 0.6 is 0 Å². The molecule has 1 N–H and O–H groups in total. The fourth-order valence-corrected chi connectivity index (χ4v) is 4.08. The Morgan fingerprint density at radius 3 is 2.75 bits per heavy atom. The van der Waals surface area contributed by atoms with Crippen LogP contribution in [0.4, 0.5) is 0 Å². The number of carbonyl (C=O) groups is 2. The van der Waals surface area contributed by atoms with Gasteiger partial charge in [0.25, 0.3) is 0 Å². The summed E-state index contributed by atoms with van der Waals surface area (Å²) in [6, 6.07) is 13.7. The molecule has 2 aromatic carbocycles. The van der Waals surface area contributed by atoms with E-state index in [-0.39, 0.29) is 23.8 Å². The van der Waals surface area contributed by atoms with Gasteiger partial charge in [-0.05, 0) is 23.3 Å². The van der Waals surface area contributed by atoms with Crippen molar-refractivity contribution >= 4 is 22.7 Å². The molecule has 0 saturated carbocycles. The van der Waals surface area contributed by atoms with Crippen LogP contribution in [0, 0.1) is 5.92 Å². The zero-order valence-corrected chi connectivity index (χ0v) is 13.6. The first-order valence-corrected chi connectivity index (χ1v) is 8.06. The number of cyclic esters (lactones) is 1. The molecule has 4 atom stereocenters. The highest BCUT2D eigenvalue weighted by Crippen LogP contribution is 2.46. The number of esters is 2. The predicted octanol–water partition coefficient (Wildman–Crippen LogP) is 2.00. The lowest BCUT2D eigenvalue weighted by atomic mass is 9.78. The monoisotopic (exact) mass is 325 g/mol. The number of fused-ring (bicyclic) bond motifs is 2. The standard InChI is InChI=1S/C19H19NO4/c1-19-14(10-24-18(19)22)15(16(20-19)17(21)23-2)13-8-7-11-5-3-4-6-12(11)9-13/h3-9,14-16,20H,10H2,1-2H3/t14-,15-,16-,19+/m0/s1. The van der Waals surface area contributed by atoms with Crippen LogP contribution in [0.5, 0.6) is 0 Å². The van der Waals surface area contributed by atoms with Gasteiger partial charge in [-0.2, -0.15) is 0 Å². The third kappa shape index (κ3) is 2.04. The minimum Gasteiger partial charge on any atom is -0.468 e. The van der Waals surface area contributed by atoms with Gasteiger partial charge >= 0.3 is 11.9 Å². The summed E-state index contributed by atoms with van der Waals surface area (Å²) in [4.78, 5) is 24.5. The van der Waals surface area contributed by atoms with Gasteiger partial charge in [-0.3, -0.25) is 14.9 Å². The molecular weight excluding hydrogens is 306 g/mol. The summed E-state index contributed by atoms with van der Waals surface area (Å²) in [5, 5.41) is 5.43. The molecule has 2 aliphatic rings. The van der Waals surface area contributed by atoms with Crippen molar-refractivity contribution in [1.82, 2.24) is 5.32 Å². The number of nitrogens with one attached hydrogen (secondary N) is 1. The molecule has 5 heteroatoms. The topological polar surface area (TPSA) is 64.6 Å². The molecule has 0 amide bonds. The lowest BCUT2D eigenvalue weighted by Gasteiger charge is -2.22. The second-order valence-corrected chi connectivity index (χ2v) is 6.68. The van der Waals surface area contributed by atoms with Gasteiger partial charge in [0.2, 0.25) is 0 Å². The highest BCUT2D eigenvalue weighted by atomic mass is 16.5. The Morgan fingerprint density at radius 2 is 2.00 bits per heavy atom. The van der Waals surface area contributed by atoms with E-state index >= 15 is 0 Å². The van der Waals surface area contributed by atoms with E-state index in [4.69, 9.17) is 9.47 Å². The van der Waals surface area contributed by atoms with E-state index in [1.54, 1.807) is 0 Å². The van der Waals surface area contributed by atoms with E-state index in [1.807, 2.05) is 37.3 Å². The highest BCUT2D eigenvalue weighted by Gasteiger charge is 2.62. The van der Waals surface area contributed by atoms with E-state index in [1.165, 1.54) is 7.11 Å². The van der Waals surface area contributed by atoms with Gasteiger partial charge < -0.3 is 9.47 Å². The van der Waals surface area contributed by atoms with Crippen LogP contribution in [0.25, 0.3) is 10.8 Å². The summed E-state index contributed by atoms with van der Waals surface area (Å²) >= 11 is 0. The second kappa shape index (κ2) is 5.31. The maximum Gasteiger partial charge on any atom is 0.326 e. The van der Waals surface area contributed by atoms with Crippen LogP contribution in [0.2, 0.25) is 0 Å². The van der Waals surface area contributed by atoms with Gasteiger partial charge in [-0.15, -0.1) is 0 Å². The zero-order valence-electron chi connectivity index (χ0n) is 13.6. The van der Waals surface area contributed by atoms with Crippen LogP contribution in [-0.4, -0.2) is 37.2 Å². The Labute approximate surface area is 139 Å². The molecule has 5 nitrogen and oxygen atoms in total. The number of hydrogen-bond donors (Lipinski definition) is 1. The summed E-state index contributed by atoms with van der Waals surface area (Å²) in [6.45, 7) is 2.12. The van der Waals surface area contributed by atoms with E-state index in [2.05, 4.69) is 17.4 Å². The first kappa shape index (κ1) is 15.1. The van der Waals surface area contributed by atoms with E-state index < -0.39 is 11.6 Å². The number of carbonyl (C=O) groups excluding carboxylic acids is 2. The van der Waals surface area contributed by atoms with Crippen molar-refractivity contribution in [2.24, 2.45) is 5.92 Å². The number of hydrogen-bond acceptors (Lipinski definition) is 5. The quantitative estimate of drug-likeness (QED) is 0.856. The lowest BCUT2D eigenvalue weighted by molar-refractivity contribution is -0.145. The Hall–Kier alpha value is -2.40. The van der Waals surface area contributed by atoms with Crippen LogP contribution < -0.4 is 5.32 Å². The number of methoxy groups -OCH3 is 1. The second-order valence-electron chi connectivity index (χ2n) is 6.68. The van der Waals surface area contributed by atoms with Gasteiger partial charge in [0.15, 0.2) is 0 Å². The molecule has 2 saturated heterocycles. The van der Waals surface area contributed by atoms with Crippen LogP contribution in [0.1, 0.15) is 18.4 Å². The molecule has 24 heavy (non-hydrogen) atoms. The molecule has 2 aliphatic heterocycles. The fourth-order valence-electron chi connectivity index (χ4n) is 4.08. The summed E-state index contributed by atoms with van der Waals surface area (Å²) in [7, 11) is 1.37. The van der Waals surface area contributed by atoms with Gasteiger partial charge in [-0.25, -0.2) is 0 Å². The van der Waals surface area contributed by atoms with Crippen LogP contribution in [0.3, 0.4) is 0 Å². The van der Waals surface area contributed by atoms with Crippen molar-refractivity contribution in [2.75, 3.05) is 13.7 Å². The van der Waals surface area contributed by atoms with Crippen molar-refractivity contribution < 1.29 is 19.1 Å². The number of ether oxygens (including phenoxy) is 2. The average molecular weight is 325 g/mol. The Kier molecular flexibility index (Phi) is 3.35. The summed E-state index contributed by atoms with van der Waals surface area (Å²) in [5.74, 6) is -0.921. The summed E-state index contributed by atoms with van der Waals surface area (Å²) in [5.41, 5.74) is 0.165. The van der Waals surface area contributed by atoms with Gasteiger partial charge in [0.1, 0.15) is 11.6 Å². The van der Waals surface area contributed by atoms with Crippen molar-refractivity contribution in [3.05, 3.63) is 48.0 Å². The Balaban J connectivity index is 1.82. The average Bonchev–Trinajstić information content (AvgIpc) is 3.06. The van der Waals surface area contributed by atoms with Crippen LogP contribution in [-0.2, 0) is 19.1 Å². The lowest BCUT2D eigenvalue weighted by Crippen LogP contribution is -2.49. The SMILES string of the molecule is COC(=O)[C@H]1N[C@@]2(C)C(=O)OC[C@H]2[C@@H]1c1ccc2ccccc2c1. The number of rotatable bonds is 2. The molecule has 0 spiro atoms. The maximum atomic E-state index is 12.3. The first-order valence-electron chi connectivity index (χ1n) is 8.06. The molecule has 2 aromatic rings. The minimum absolute atomic E-state index is 0.102. The molecule has 2 fully saturated rings. The van der Waals surface area contributed by atoms with Crippen LogP contribution in [0.15, 0.2) is 42.5 Å². The van der Waals surface area contributed by atoms with E-state index in [0.717, 1.165) is 16.3 Å². The smallest absolute Gasteiger partial charge is 0.326 e. The largest absolute Gasteiger partial charge is 0.468 e. The van der Waals surface area contributed by atoms with Crippen molar-refractivity contribution in [3.8, 4) is 0 Å². The van der Waals surface area contributed by atoms with E-state index in [9.17, 15) is 9.59 Å². The maximum absolute atomic E-state index is 12.3.